The number of pyridine rings is 2. The SMILES string of the molecule is C#Cc1cncc(C(=O)Nc2ccc(CN3CCN(C)CC3)c(C(F)(F)F)c2)c1.CN1CCN(Cc2ccc(NC(=O)c3cncc(C#Cc4cnc5ccc(Cl)nn45)c3)cc2C(F)(F)F)CC1.Clc1ccc2ncc(Br)n2n1. The first-order chi connectivity index (χ1) is 37.7. The molecule has 2 fully saturated rings. The Bertz CT molecular complexity index is 3600. The van der Waals surface area contributed by atoms with Gasteiger partial charge in [-0.15, -0.1) is 6.42 Å². The van der Waals surface area contributed by atoms with Crippen LogP contribution in [-0.2, 0) is 25.4 Å². The first-order valence-electron chi connectivity index (χ1n) is 24.1. The Morgan fingerprint density at radius 2 is 1.05 bits per heavy atom. The third kappa shape index (κ3) is 15.6. The van der Waals surface area contributed by atoms with E-state index in [2.05, 4.69) is 84.3 Å². The zero-order valence-corrected chi connectivity index (χ0v) is 45.2. The number of hydrogen-bond acceptors (Lipinski definition) is 12. The van der Waals surface area contributed by atoms with Crippen LogP contribution in [0.4, 0.5) is 37.7 Å². The van der Waals surface area contributed by atoms with Crippen molar-refractivity contribution in [3.63, 3.8) is 0 Å². The van der Waals surface area contributed by atoms with Crippen LogP contribution in [0.25, 0.3) is 11.3 Å². The minimum Gasteiger partial charge on any atom is -0.322 e. The van der Waals surface area contributed by atoms with Gasteiger partial charge in [0, 0.05) is 113 Å². The standard InChI is InChI=1S/C27H23ClF3N7O.C21H21F3N4O.C6H3BrClN3/c1-36-8-10-37(11-9-36)17-19-3-4-21(13-23(19)27(29,30)31)34-26(39)20-12-18(14-32-15-20)2-5-22-16-33-25-7-6-24(28)35-38(22)25;1-3-15-10-17(13-25-12-15)20(29)26-18-5-4-16(19(11-18)21(22,23)24)14-28-8-6-27(2)7-9-28;7-4-3-9-6-2-1-5(8)10-11(4)6/h3-4,6-7,12-16H,8-11,17H2,1H3,(H,34,39);1,4-5,10-13H,6-9,14H2,2H3,(H,26,29);1-3H. The fourth-order valence-corrected chi connectivity index (χ4v) is 8.82. The summed E-state index contributed by atoms with van der Waals surface area (Å²) in [6.07, 6.45) is 4.96. The molecule has 0 aliphatic carbocycles. The molecule has 0 saturated carbocycles. The van der Waals surface area contributed by atoms with E-state index in [-0.39, 0.29) is 51.9 Å². The number of halogens is 9. The molecule has 408 valence electrons. The van der Waals surface area contributed by atoms with Crippen molar-refractivity contribution in [1.29, 1.82) is 0 Å². The maximum atomic E-state index is 13.9. The molecule has 2 aliphatic rings. The number of aromatic nitrogens is 8. The molecule has 2 amide bonds. The van der Waals surface area contributed by atoms with Gasteiger partial charge in [0.2, 0.25) is 0 Å². The van der Waals surface area contributed by atoms with Gasteiger partial charge in [-0.1, -0.05) is 47.2 Å². The van der Waals surface area contributed by atoms with Crippen molar-refractivity contribution < 1.29 is 35.9 Å². The van der Waals surface area contributed by atoms with Crippen LogP contribution in [-0.4, -0.2) is 137 Å². The van der Waals surface area contributed by atoms with Crippen molar-refractivity contribution in [2.24, 2.45) is 0 Å². The fourth-order valence-electron chi connectivity index (χ4n) is 8.18. The van der Waals surface area contributed by atoms with Crippen molar-refractivity contribution in [3.05, 3.63) is 175 Å². The second-order valence-corrected chi connectivity index (χ2v) is 19.8. The minimum atomic E-state index is -4.56. The second-order valence-electron chi connectivity index (χ2n) is 18.2. The number of terminal acetylenes is 1. The summed E-state index contributed by atoms with van der Waals surface area (Å²) in [5.74, 6) is 7.01. The molecule has 2 N–H and O–H groups in total. The van der Waals surface area contributed by atoms with Crippen LogP contribution in [0.2, 0.25) is 10.3 Å². The Morgan fingerprint density at radius 1 is 0.595 bits per heavy atom. The smallest absolute Gasteiger partial charge is 0.322 e. The molecule has 0 spiro atoms. The highest BCUT2D eigenvalue weighted by molar-refractivity contribution is 9.10. The average Bonchev–Trinajstić information content (AvgIpc) is 4.02. The lowest BCUT2D eigenvalue weighted by atomic mass is 10.0. The van der Waals surface area contributed by atoms with Crippen molar-refractivity contribution >= 4 is 73.6 Å². The summed E-state index contributed by atoms with van der Waals surface area (Å²) in [5, 5.41) is 13.9. The van der Waals surface area contributed by atoms with E-state index in [1.165, 1.54) is 65.7 Å². The number of anilines is 2. The van der Waals surface area contributed by atoms with Gasteiger partial charge in [-0.2, -0.15) is 36.5 Å². The molecule has 79 heavy (non-hydrogen) atoms. The number of benzene rings is 2. The summed E-state index contributed by atoms with van der Waals surface area (Å²) in [4.78, 5) is 49.7. The minimum absolute atomic E-state index is 0.0413. The number of hydrogen-bond donors (Lipinski definition) is 2. The van der Waals surface area contributed by atoms with E-state index in [1.54, 1.807) is 41.2 Å². The van der Waals surface area contributed by atoms with Gasteiger partial charge in [-0.25, -0.2) is 19.0 Å². The largest absolute Gasteiger partial charge is 0.416 e. The van der Waals surface area contributed by atoms with Gasteiger partial charge in [0.15, 0.2) is 11.3 Å². The Kier molecular flexibility index (Phi) is 18.7. The summed E-state index contributed by atoms with van der Waals surface area (Å²) >= 11 is 14.9. The number of carbonyl (C=O) groups excluding carboxylic acids is 2. The summed E-state index contributed by atoms with van der Waals surface area (Å²) in [6.45, 7) is 6.46. The zero-order valence-electron chi connectivity index (χ0n) is 42.1. The zero-order chi connectivity index (χ0) is 56.4. The monoisotopic (exact) mass is 1190 g/mol. The van der Waals surface area contributed by atoms with Crippen LogP contribution in [0.5, 0.6) is 0 Å². The van der Waals surface area contributed by atoms with Crippen LogP contribution in [0.3, 0.4) is 0 Å². The molecule has 6 aromatic heterocycles. The Morgan fingerprint density at radius 3 is 1.54 bits per heavy atom. The van der Waals surface area contributed by atoms with E-state index in [0.29, 0.717) is 53.8 Å². The molecule has 0 radical (unpaired) electrons. The Balaban J connectivity index is 0.000000179. The summed E-state index contributed by atoms with van der Waals surface area (Å²) < 4.78 is 86.5. The van der Waals surface area contributed by atoms with E-state index in [0.717, 1.165) is 48.6 Å². The molecule has 0 bridgehead atoms. The molecule has 10 rings (SSSR count). The van der Waals surface area contributed by atoms with Crippen molar-refractivity contribution in [2.45, 2.75) is 25.4 Å². The predicted octanol–water partition coefficient (Wildman–Crippen LogP) is 9.42. The van der Waals surface area contributed by atoms with Crippen molar-refractivity contribution in [2.75, 3.05) is 77.1 Å². The number of nitrogens with one attached hydrogen (secondary N) is 2. The van der Waals surface area contributed by atoms with Crippen LogP contribution < -0.4 is 10.6 Å². The lowest BCUT2D eigenvalue weighted by Crippen LogP contribution is -2.44. The molecule has 16 nitrogen and oxygen atoms in total. The van der Waals surface area contributed by atoms with Gasteiger partial charge in [-0.3, -0.25) is 29.4 Å². The van der Waals surface area contributed by atoms with Gasteiger partial charge in [0.05, 0.1) is 34.6 Å². The van der Waals surface area contributed by atoms with Gasteiger partial charge < -0.3 is 20.4 Å². The summed E-state index contributed by atoms with van der Waals surface area (Å²) in [5.41, 5.74) is 1.96. The van der Waals surface area contributed by atoms with E-state index >= 15 is 0 Å². The molecule has 8 aromatic rings. The fraction of sp³-hybridized carbons (Fsp3) is 0.259. The number of imidazole rings is 2. The highest BCUT2D eigenvalue weighted by Gasteiger charge is 2.36. The highest BCUT2D eigenvalue weighted by atomic mass is 79.9. The normalized spacial score (nSPS) is 14.5. The van der Waals surface area contributed by atoms with Gasteiger partial charge in [-0.05, 0) is 108 Å². The molecular formula is C54H47BrCl2F6N14O2. The molecule has 2 aliphatic heterocycles. The summed E-state index contributed by atoms with van der Waals surface area (Å²) in [7, 11) is 3.98. The Labute approximate surface area is 467 Å². The number of likely N-dealkylation sites (N-methyl/N-ethyl adjacent to an activating group) is 2. The average molecular weight is 1190 g/mol. The van der Waals surface area contributed by atoms with Crippen molar-refractivity contribution in [1.82, 2.24) is 58.8 Å². The molecule has 0 atom stereocenters. The van der Waals surface area contributed by atoms with Gasteiger partial charge in [0.25, 0.3) is 11.8 Å². The van der Waals surface area contributed by atoms with E-state index < -0.39 is 35.3 Å². The number of nitrogens with zero attached hydrogens (tertiary/aromatic N) is 12. The van der Waals surface area contributed by atoms with Crippen LogP contribution in [0.1, 0.15) is 59.8 Å². The topological polar surface area (TPSA) is 157 Å². The lowest BCUT2D eigenvalue weighted by Gasteiger charge is -2.33. The number of fused-ring (bicyclic) bond motifs is 2. The molecule has 25 heteroatoms. The van der Waals surface area contributed by atoms with E-state index in [4.69, 9.17) is 29.6 Å². The summed E-state index contributed by atoms with van der Waals surface area (Å²) in [6, 6.07) is 17.6. The molecule has 0 unspecified atom stereocenters. The predicted molar refractivity (Wildman–Crippen MR) is 290 cm³/mol. The van der Waals surface area contributed by atoms with Crippen LogP contribution in [0.15, 0.2) is 115 Å². The maximum Gasteiger partial charge on any atom is 0.416 e. The number of alkyl halides is 6. The lowest BCUT2D eigenvalue weighted by molar-refractivity contribution is -0.139. The first-order valence-corrected chi connectivity index (χ1v) is 25.6. The van der Waals surface area contributed by atoms with Crippen molar-refractivity contribution in [3.8, 4) is 24.2 Å². The van der Waals surface area contributed by atoms with Crippen LogP contribution >= 0.6 is 39.1 Å². The first kappa shape index (κ1) is 57.7. The quantitative estimate of drug-likeness (QED) is 0.110. The third-order valence-corrected chi connectivity index (χ3v) is 13.4. The van der Waals surface area contributed by atoms with Gasteiger partial charge >= 0.3 is 12.4 Å². The molecule has 8 heterocycles. The highest BCUT2D eigenvalue weighted by Crippen LogP contribution is 2.36. The maximum absolute atomic E-state index is 13.9. The number of piperazine rings is 2. The molecular weight excluding hydrogens is 1140 g/mol. The van der Waals surface area contributed by atoms with E-state index in [9.17, 15) is 35.9 Å². The Hall–Kier alpha value is -7.48. The number of rotatable bonds is 8. The number of amides is 2. The number of carbonyl (C=O) groups is 2. The van der Waals surface area contributed by atoms with E-state index in [1.807, 2.05) is 23.9 Å². The second kappa shape index (κ2) is 25.5. The van der Waals surface area contributed by atoms with Crippen LogP contribution in [0, 0.1) is 24.2 Å². The van der Waals surface area contributed by atoms with Gasteiger partial charge in [0.1, 0.15) is 20.6 Å². The molecule has 2 saturated heterocycles. The third-order valence-electron chi connectivity index (χ3n) is 12.4. The molecule has 2 aromatic carbocycles.